The number of nitrogens with one attached hydrogen (secondary N) is 1. The van der Waals surface area contributed by atoms with Crippen molar-refractivity contribution in [2.75, 3.05) is 13.1 Å². The van der Waals surface area contributed by atoms with Crippen LogP contribution in [0.2, 0.25) is 0 Å². The van der Waals surface area contributed by atoms with Crippen molar-refractivity contribution < 1.29 is 9.59 Å². The molecule has 1 N–H and O–H groups in total. The predicted molar refractivity (Wildman–Crippen MR) is 89.8 cm³/mol. The molecule has 2 rings (SSSR count). The molecular weight excluding hydrogens is 296 g/mol. The van der Waals surface area contributed by atoms with Crippen LogP contribution < -0.4 is 5.32 Å². The first kappa shape index (κ1) is 17.0. The van der Waals surface area contributed by atoms with Crippen LogP contribution in [-0.2, 0) is 16.0 Å². The van der Waals surface area contributed by atoms with Crippen molar-refractivity contribution in [3.05, 3.63) is 22.4 Å². The van der Waals surface area contributed by atoms with E-state index < -0.39 is 5.54 Å². The van der Waals surface area contributed by atoms with Crippen molar-refractivity contribution in [1.82, 2.24) is 10.2 Å². The SMILES string of the molecule is CC(C)CNC(=O)C1(C)CCCN1C(=O)CCc1cccs1. The van der Waals surface area contributed by atoms with Crippen molar-refractivity contribution in [3.63, 3.8) is 0 Å². The first-order chi connectivity index (χ1) is 10.4. The number of hydrogen-bond acceptors (Lipinski definition) is 3. The average molecular weight is 322 g/mol. The zero-order chi connectivity index (χ0) is 16.2. The minimum Gasteiger partial charge on any atom is -0.354 e. The molecule has 5 heteroatoms. The molecule has 1 unspecified atom stereocenters. The van der Waals surface area contributed by atoms with Gasteiger partial charge in [0.05, 0.1) is 0 Å². The number of rotatable bonds is 6. The number of aryl methyl sites for hydroxylation is 1. The molecule has 1 fully saturated rings. The highest BCUT2D eigenvalue weighted by atomic mass is 32.1. The summed E-state index contributed by atoms with van der Waals surface area (Å²) in [6.07, 6.45) is 2.89. The largest absolute Gasteiger partial charge is 0.354 e. The molecule has 0 aliphatic carbocycles. The van der Waals surface area contributed by atoms with Gasteiger partial charge >= 0.3 is 0 Å². The first-order valence-electron chi connectivity index (χ1n) is 8.04. The first-order valence-corrected chi connectivity index (χ1v) is 8.92. The summed E-state index contributed by atoms with van der Waals surface area (Å²) < 4.78 is 0. The Morgan fingerprint density at radius 3 is 2.86 bits per heavy atom. The van der Waals surface area contributed by atoms with Gasteiger partial charge in [-0.2, -0.15) is 0 Å². The summed E-state index contributed by atoms with van der Waals surface area (Å²) in [6.45, 7) is 7.39. The minimum absolute atomic E-state index is 0.0110. The van der Waals surface area contributed by atoms with Crippen molar-refractivity contribution in [1.29, 1.82) is 0 Å². The van der Waals surface area contributed by atoms with E-state index in [0.29, 0.717) is 25.4 Å². The van der Waals surface area contributed by atoms with Gasteiger partial charge in [0.2, 0.25) is 11.8 Å². The standard InChI is InChI=1S/C17H26N2O2S/c1-13(2)12-18-16(21)17(3)9-5-10-19(17)15(20)8-7-14-6-4-11-22-14/h4,6,11,13H,5,7-10,12H2,1-3H3,(H,18,21). The van der Waals surface area contributed by atoms with E-state index in [0.717, 1.165) is 19.3 Å². The Hall–Kier alpha value is -1.36. The highest BCUT2D eigenvalue weighted by Gasteiger charge is 2.45. The molecular formula is C17H26N2O2S. The fourth-order valence-corrected chi connectivity index (χ4v) is 3.62. The van der Waals surface area contributed by atoms with Crippen molar-refractivity contribution in [2.24, 2.45) is 5.92 Å². The third-order valence-electron chi connectivity index (χ3n) is 4.27. The fourth-order valence-electron chi connectivity index (χ4n) is 2.91. The molecule has 1 aliphatic rings. The van der Waals surface area contributed by atoms with E-state index in [1.807, 2.05) is 18.4 Å². The molecule has 4 nitrogen and oxygen atoms in total. The van der Waals surface area contributed by atoms with Crippen molar-refractivity contribution in [3.8, 4) is 0 Å². The predicted octanol–water partition coefficient (Wildman–Crippen LogP) is 2.83. The highest BCUT2D eigenvalue weighted by molar-refractivity contribution is 7.09. The normalized spacial score (nSPS) is 21.4. The summed E-state index contributed by atoms with van der Waals surface area (Å²) in [4.78, 5) is 28.1. The minimum atomic E-state index is -0.679. The molecule has 0 aromatic carbocycles. The van der Waals surface area contributed by atoms with Gasteiger partial charge in [0, 0.05) is 24.4 Å². The summed E-state index contributed by atoms with van der Waals surface area (Å²) >= 11 is 1.67. The molecule has 22 heavy (non-hydrogen) atoms. The molecule has 0 saturated carbocycles. The molecule has 1 aromatic heterocycles. The lowest BCUT2D eigenvalue weighted by molar-refractivity contribution is -0.144. The number of hydrogen-bond donors (Lipinski definition) is 1. The zero-order valence-corrected chi connectivity index (χ0v) is 14.5. The lowest BCUT2D eigenvalue weighted by Gasteiger charge is -2.34. The van der Waals surface area contributed by atoms with Gasteiger partial charge in [-0.25, -0.2) is 0 Å². The summed E-state index contributed by atoms with van der Waals surface area (Å²) in [5.74, 6) is 0.494. The molecule has 1 aromatic rings. The third kappa shape index (κ3) is 3.88. The number of carbonyl (C=O) groups excluding carboxylic acids is 2. The molecule has 0 spiro atoms. The number of thiophene rings is 1. The highest BCUT2D eigenvalue weighted by Crippen LogP contribution is 2.30. The molecule has 1 saturated heterocycles. The van der Waals surface area contributed by atoms with E-state index in [9.17, 15) is 9.59 Å². The molecule has 2 heterocycles. The second-order valence-electron chi connectivity index (χ2n) is 6.61. The number of carbonyl (C=O) groups is 2. The average Bonchev–Trinajstić information content (AvgIpc) is 3.12. The maximum Gasteiger partial charge on any atom is 0.245 e. The molecule has 0 bridgehead atoms. The van der Waals surface area contributed by atoms with Crippen LogP contribution in [-0.4, -0.2) is 35.3 Å². The van der Waals surface area contributed by atoms with Crippen LogP contribution in [0.5, 0.6) is 0 Å². The molecule has 0 radical (unpaired) electrons. The van der Waals surface area contributed by atoms with Gasteiger partial charge in [-0.05, 0) is 43.6 Å². The molecule has 1 aliphatic heterocycles. The quantitative estimate of drug-likeness (QED) is 0.875. The Balaban J connectivity index is 1.96. The second kappa shape index (κ2) is 7.27. The summed E-state index contributed by atoms with van der Waals surface area (Å²) in [5, 5.41) is 5.02. The Morgan fingerprint density at radius 1 is 1.45 bits per heavy atom. The Morgan fingerprint density at radius 2 is 2.23 bits per heavy atom. The maximum absolute atomic E-state index is 12.5. The lowest BCUT2D eigenvalue weighted by atomic mass is 9.96. The summed E-state index contributed by atoms with van der Waals surface area (Å²) in [5.41, 5.74) is -0.679. The molecule has 122 valence electrons. The van der Waals surface area contributed by atoms with Crippen molar-refractivity contribution >= 4 is 23.2 Å². The van der Waals surface area contributed by atoms with Crippen LogP contribution in [0.3, 0.4) is 0 Å². The van der Waals surface area contributed by atoms with Gasteiger partial charge in [-0.15, -0.1) is 11.3 Å². The van der Waals surface area contributed by atoms with E-state index in [-0.39, 0.29) is 11.8 Å². The van der Waals surface area contributed by atoms with Crippen LogP contribution in [0, 0.1) is 5.92 Å². The number of likely N-dealkylation sites (tertiary alicyclic amines) is 1. The Bertz CT molecular complexity index is 513. The smallest absolute Gasteiger partial charge is 0.245 e. The zero-order valence-electron chi connectivity index (χ0n) is 13.7. The summed E-state index contributed by atoms with van der Waals surface area (Å²) in [6, 6.07) is 4.06. The van der Waals surface area contributed by atoms with E-state index >= 15 is 0 Å². The molecule has 2 amide bonds. The number of amides is 2. The monoisotopic (exact) mass is 322 g/mol. The van der Waals surface area contributed by atoms with Gasteiger partial charge in [-0.3, -0.25) is 9.59 Å². The number of nitrogens with zero attached hydrogens (tertiary/aromatic N) is 1. The van der Waals surface area contributed by atoms with Crippen LogP contribution in [0.25, 0.3) is 0 Å². The second-order valence-corrected chi connectivity index (χ2v) is 7.64. The van der Waals surface area contributed by atoms with E-state index in [1.54, 1.807) is 16.2 Å². The Labute approximate surface area is 136 Å². The van der Waals surface area contributed by atoms with Crippen molar-refractivity contribution in [2.45, 2.75) is 52.0 Å². The van der Waals surface area contributed by atoms with Crippen LogP contribution in [0.15, 0.2) is 17.5 Å². The van der Waals surface area contributed by atoms with Gasteiger partial charge < -0.3 is 10.2 Å². The van der Waals surface area contributed by atoms with Crippen LogP contribution >= 0.6 is 11.3 Å². The maximum atomic E-state index is 12.5. The van der Waals surface area contributed by atoms with E-state index in [4.69, 9.17) is 0 Å². The van der Waals surface area contributed by atoms with Gasteiger partial charge in [0.1, 0.15) is 5.54 Å². The van der Waals surface area contributed by atoms with Gasteiger partial charge in [0.25, 0.3) is 0 Å². The Kier molecular flexibility index (Phi) is 5.62. The van der Waals surface area contributed by atoms with Crippen LogP contribution in [0.4, 0.5) is 0 Å². The third-order valence-corrected chi connectivity index (χ3v) is 5.20. The molecule has 1 atom stereocenters. The van der Waals surface area contributed by atoms with Crippen LogP contribution in [0.1, 0.15) is 44.9 Å². The fraction of sp³-hybridized carbons (Fsp3) is 0.647. The summed E-state index contributed by atoms with van der Waals surface area (Å²) in [7, 11) is 0. The lowest BCUT2D eigenvalue weighted by Crippen LogP contribution is -2.55. The van der Waals surface area contributed by atoms with E-state index in [1.165, 1.54) is 4.88 Å². The van der Waals surface area contributed by atoms with E-state index in [2.05, 4.69) is 25.2 Å². The van der Waals surface area contributed by atoms with Gasteiger partial charge in [0.15, 0.2) is 0 Å². The topological polar surface area (TPSA) is 49.4 Å². The van der Waals surface area contributed by atoms with Gasteiger partial charge in [-0.1, -0.05) is 19.9 Å².